The maximum Gasteiger partial charge on any atom is 0.205 e. The molecule has 2 aromatic carbocycles. The molecule has 148 valence electrons. The minimum atomic E-state index is -1.25. The quantitative estimate of drug-likeness (QED) is 0.838. The van der Waals surface area contributed by atoms with Gasteiger partial charge >= 0.3 is 0 Å². The first-order valence-corrected chi connectivity index (χ1v) is 10.1. The van der Waals surface area contributed by atoms with Gasteiger partial charge < -0.3 is 19.7 Å². The van der Waals surface area contributed by atoms with Gasteiger partial charge in [0.15, 0.2) is 5.41 Å². The van der Waals surface area contributed by atoms with Crippen molar-refractivity contribution in [3.63, 3.8) is 0 Å². The van der Waals surface area contributed by atoms with E-state index in [2.05, 4.69) is 24.3 Å². The summed E-state index contributed by atoms with van der Waals surface area (Å²) in [5.41, 5.74) is 3.53. The SMILES string of the molecule is OCC(CO)(C1=N[C@@H]2c3ccccc3C[C@@H]2O1)C1=N[C@@H]2c3ccccc3C[C@@H]2O1. The number of ether oxygens (including phenoxy) is 2. The van der Waals surface area contributed by atoms with E-state index in [1.165, 1.54) is 11.1 Å². The molecular weight excluding hydrogens is 368 g/mol. The molecule has 2 heterocycles. The van der Waals surface area contributed by atoms with Crippen LogP contribution in [0.2, 0.25) is 0 Å². The zero-order valence-corrected chi connectivity index (χ0v) is 15.9. The second kappa shape index (κ2) is 6.15. The fourth-order valence-corrected chi connectivity index (χ4v) is 5.08. The summed E-state index contributed by atoms with van der Waals surface area (Å²) in [6.45, 7) is -0.743. The Hall–Kier alpha value is -2.70. The van der Waals surface area contributed by atoms with Crippen molar-refractivity contribution >= 4 is 11.8 Å². The molecule has 29 heavy (non-hydrogen) atoms. The molecule has 0 saturated carbocycles. The Morgan fingerprint density at radius 3 is 1.66 bits per heavy atom. The number of fused-ring (bicyclic) bond motifs is 6. The molecule has 0 aromatic heterocycles. The molecule has 4 aliphatic rings. The predicted octanol–water partition coefficient (Wildman–Crippen LogP) is 2.15. The van der Waals surface area contributed by atoms with Crippen molar-refractivity contribution in [3.8, 4) is 0 Å². The van der Waals surface area contributed by atoms with Crippen LogP contribution in [0.5, 0.6) is 0 Å². The van der Waals surface area contributed by atoms with Gasteiger partial charge in [0.1, 0.15) is 24.3 Å². The fourth-order valence-electron chi connectivity index (χ4n) is 5.08. The van der Waals surface area contributed by atoms with Gasteiger partial charge in [-0.05, 0) is 22.3 Å². The van der Waals surface area contributed by atoms with E-state index in [4.69, 9.17) is 19.5 Å². The van der Waals surface area contributed by atoms with Crippen LogP contribution in [0, 0.1) is 5.41 Å². The van der Waals surface area contributed by atoms with E-state index in [1.807, 2.05) is 24.3 Å². The Morgan fingerprint density at radius 1 is 0.759 bits per heavy atom. The molecule has 0 radical (unpaired) electrons. The summed E-state index contributed by atoms with van der Waals surface area (Å²) in [5, 5.41) is 20.7. The van der Waals surface area contributed by atoms with Crippen LogP contribution in [-0.4, -0.2) is 47.4 Å². The van der Waals surface area contributed by atoms with E-state index in [0.717, 1.165) is 24.0 Å². The lowest BCUT2D eigenvalue weighted by atomic mass is 9.89. The summed E-state index contributed by atoms with van der Waals surface area (Å²) in [5.74, 6) is 0.665. The molecule has 0 spiro atoms. The number of aliphatic imine (C=N–C) groups is 2. The van der Waals surface area contributed by atoms with Crippen molar-refractivity contribution < 1.29 is 19.7 Å². The molecule has 2 aliphatic heterocycles. The standard InChI is InChI=1S/C23H22N2O4/c26-11-23(12-27,21-24-19-15-7-3-1-5-13(15)9-17(19)28-21)22-25-20-16-8-4-2-6-14(16)10-18(20)29-22/h1-8,17-20,26-27H,9-12H2/t17-,18-,19+,20+/m0/s1. The highest BCUT2D eigenvalue weighted by molar-refractivity contribution is 6.07. The van der Waals surface area contributed by atoms with Crippen molar-refractivity contribution in [1.82, 2.24) is 0 Å². The molecule has 2 aliphatic carbocycles. The van der Waals surface area contributed by atoms with Crippen molar-refractivity contribution in [2.45, 2.75) is 37.1 Å². The Morgan fingerprint density at radius 2 is 1.21 bits per heavy atom. The highest BCUT2D eigenvalue weighted by Gasteiger charge is 2.54. The van der Waals surface area contributed by atoms with Crippen LogP contribution in [0.3, 0.4) is 0 Å². The van der Waals surface area contributed by atoms with Gasteiger partial charge in [-0.1, -0.05) is 48.5 Å². The molecular formula is C23H22N2O4. The molecule has 4 atom stereocenters. The molecule has 2 aromatic rings. The van der Waals surface area contributed by atoms with Crippen LogP contribution >= 0.6 is 0 Å². The van der Waals surface area contributed by atoms with E-state index in [9.17, 15) is 10.2 Å². The zero-order valence-electron chi connectivity index (χ0n) is 15.9. The van der Waals surface area contributed by atoms with Gasteiger partial charge in [0.25, 0.3) is 0 Å². The zero-order chi connectivity index (χ0) is 19.6. The molecule has 6 nitrogen and oxygen atoms in total. The summed E-state index contributed by atoms with van der Waals surface area (Å²) >= 11 is 0. The van der Waals surface area contributed by atoms with Crippen molar-refractivity contribution in [3.05, 3.63) is 70.8 Å². The minimum Gasteiger partial charge on any atom is -0.474 e. The monoisotopic (exact) mass is 390 g/mol. The van der Waals surface area contributed by atoms with Gasteiger partial charge in [0, 0.05) is 12.8 Å². The van der Waals surface area contributed by atoms with E-state index >= 15 is 0 Å². The molecule has 2 N–H and O–H groups in total. The lowest BCUT2D eigenvalue weighted by Crippen LogP contribution is -2.47. The Balaban J connectivity index is 1.37. The first-order chi connectivity index (χ1) is 14.2. The van der Waals surface area contributed by atoms with Gasteiger partial charge in [-0.3, -0.25) is 0 Å². The lowest BCUT2D eigenvalue weighted by molar-refractivity contribution is 0.0927. The van der Waals surface area contributed by atoms with Gasteiger partial charge in [-0.25, -0.2) is 9.98 Å². The van der Waals surface area contributed by atoms with Crippen LogP contribution in [0.4, 0.5) is 0 Å². The molecule has 0 bridgehead atoms. The smallest absolute Gasteiger partial charge is 0.205 e. The van der Waals surface area contributed by atoms with Crippen molar-refractivity contribution in [2.24, 2.45) is 15.4 Å². The summed E-state index contributed by atoms with van der Waals surface area (Å²) < 4.78 is 12.4. The van der Waals surface area contributed by atoms with Crippen LogP contribution in [0.1, 0.15) is 34.3 Å². The third-order valence-electron chi connectivity index (χ3n) is 6.69. The highest BCUT2D eigenvalue weighted by atomic mass is 16.5. The Labute approximate surface area is 168 Å². The topological polar surface area (TPSA) is 83.6 Å². The predicted molar refractivity (Wildman–Crippen MR) is 107 cm³/mol. The average Bonchev–Trinajstić information content (AvgIpc) is 3.48. The molecule has 6 heteroatoms. The summed E-state index contributed by atoms with van der Waals surface area (Å²) in [6, 6.07) is 16.2. The third kappa shape index (κ3) is 2.30. The van der Waals surface area contributed by atoms with Gasteiger partial charge in [-0.15, -0.1) is 0 Å². The molecule has 0 unspecified atom stereocenters. The van der Waals surface area contributed by atoms with E-state index in [0.29, 0.717) is 11.8 Å². The van der Waals surface area contributed by atoms with Crippen LogP contribution in [-0.2, 0) is 22.3 Å². The third-order valence-corrected chi connectivity index (χ3v) is 6.69. The van der Waals surface area contributed by atoms with Gasteiger partial charge in [0.2, 0.25) is 11.8 Å². The normalized spacial score (nSPS) is 28.6. The first-order valence-electron chi connectivity index (χ1n) is 10.1. The number of benzene rings is 2. The van der Waals surface area contributed by atoms with Gasteiger partial charge in [-0.2, -0.15) is 0 Å². The maximum atomic E-state index is 10.3. The average molecular weight is 390 g/mol. The number of rotatable bonds is 4. The van der Waals surface area contributed by atoms with Gasteiger partial charge in [0.05, 0.1) is 13.2 Å². The van der Waals surface area contributed by atoms with E-state index < -0.39 is 5.41 Å². The number of aliphatic hydroxyl groups excluding tert-OH is 2. The fraction of sp³-hybridized carbons (Fsp3) is 0.391. The van der Waals surface area contributed by atoms with Crippen molar-refractivity contribution in [1.29, 1.82) is 0 Å². The maximum absolute atomic E-state index is 10.3. The lowest BCUT2D eigenvalue weighted by Gasteiger charge is -2.29. The molecule has 0 amide bonds. The Kier molecular flexibility index (Phi) is 3.64. The Bertz CT molecular complexity index is 963. The second-order valence-corrected chi connectivity index (χ2v) is 8.27. The van der Waals surface area contributed by atoms with Crippen LogP contribution < -0.4 is 0 Å². The molecule has 6 rings (SSSR count). The summed E-state index contributed by atoms with van der Waals surface area (Å²) in [4.78, 5) is 9.60. The van der Waals surface area contributed by atoms with E-state index in [-0.39, 0.29) is 37.5 Å². The number of aliphatic hydroxyl groups is 2. The van der Waals surface area contributed by atoms with E-state index in [1.54, 1.807) is 0 Å². The second-order valence-electron chi connectivity index (χ2n) is 8.27. The molecule has 0 saturated heterocycles. The summed E-state index contributed by atoms with van der Waals surface area (Å²) in [6.07, 6.45) is 1.32. The van der Waals surface area contributed by atoms with Crippen LogP contribution in [0.25, 0.3) is 0 Å². The summed E-state index contributed by atoms with van der Waals surface area (Å²) in [7, 11) is 0. The highest BCUT2D eigenvalue weighted by Crippen LogP contribution is 2.46. The molecule has 0 fully saturated rings. The number of nitrogens with zero attached hydrogens (tertiary/aromatic N) is 2. The van der Waals surface area contributed by atoms with Crippen LogP contribution in [0.15, 0.2) is 58.5 Å². The van der Waals surface area contributed by atoms with Crippen molar-refractivity contribution in [2.75, 3.05) is 13.2 Å². The minimum absolute atomic E-state index is 0.109. The number of hydrogen-bond donors (Lipinski definition) is 2. The first kappa shape index (κ1) is 17.2. The number of hydrogen-bond acceptors (Lipinski definition) is 6. The largest absolute Gasteiger partial charge is 0.474 e.